The fourth-order valence-electron chi connectivity index (χ4n) is 3.29. The molecule has 0 atom stereocenters. The van der Waals surface area contributed by atoms with E-state index >= 15 is 0 Å². The molecule has 0 unspecified atom stereocenters. The number of rotatable bonds is 6. The maximum Gasteiger partial charge on any atom is 0.255 e. The van der Waals surface area contributed by atoms with E-state index in [4.69, 9.17) is 11.6 Å². The topological polar surface area (TPSA) is 40.6 Å². The molecular formula is C19H27ClN2O2. The summed E-state index contributed by atoms with van der Waals surface area (Å²) in [6.45, 7) is 7.07. The van der Waals surface area contributed by atoms with Crippen LogP contribution in [0.1, 0.15) is 49.9 Å². The van der Waals surface area contributed by atoms with Crippen molar-refractivity contribution in [3.05, 3.63) is 34.9 Å². The zero-order chi connectivity index (χ0) is 17.5. The molecule has 0 radical (unpaired) electrons. The summed E-state index contributed by atoms with van der Waals surface area (Å²) in [5, 5.41) is 0.509. The average Bonchev–Trinajstić information content (AvgIpc) is 2.61. The zero-order valence-electron chi connectivity index (χ0n) is 14.6. The number of carbonyl (C=O) groups is 2. The van der Waals surface area contributed by atoms with E-state index in [2.05, 4.69) is 0 Å². The van der Waals surface area contributed by atoms with Crippen LogP contribution in [-0.2, 0) is 4.79 Å². The lowest BCUT2D eigenvalue weighted by Crippen LogP contribution is -2.39. The minimum Gasteiger partial charge on any atom is -0.343 e. The highest BCUT2D eigenvalue weighted by Gasteiger charge is 2.25. The largest absolute Gasteiger partial charge is 0.343 e. The van der Waals surface area contributed by atoms with E-state index in [9.17, 15) is 9.59 Å². The summed E-state index contributed by atoms with van der Waals surface area (Å²) in [4.78, 5) is 28.4. The van der Waals surface area contributed by atoms with Gasteiger partial charge in [0.05, 0.1) is 10.6 Å². The summed E-state index contributed by atoms with van der Waals surface area (Å²) >= 11 is 6.12. The Balaban J connectivity index is 1.80. The average molecular weight is 351 g/mol. The summed E-state index contributed by atoms with van der Waals surface area (Å²) in [5.41, 5.74) is 0.578. The summed E-state index contributed by atoms with van der Waals surface area (Å²) in [6.07, 6.45) is 3.46. The van der Waals surface area contributed by atoms with Crippen molar-refractivity contribution in [3.63, 3.8) is 0 Å². The second-order valence-corrected chi connectivity index (χ2v) is 6.73. The molecule has 0 N–H and O–H groups in total. The molecule has 1 aliphatic rings. The van der Waals surface area contributed by atoms with E-state index in [1.54, 1.807) is 12.1 Å². The Morgan fingerprint density at radius 1 is 1.17 bits per heavy atom. The van der Waals surface area contributed by atoms with Crippen molar-refractivity contribution in [2.75, 3.05) is 26.2 Å². The highest BCUT2D eigenvalue weighted by Crippen LogP contribution is 2.25. The molecule has 0 saturated carbocycles. The number of benzene rings is 1. The van der Waals surface area contributed by atoms with Crippen LogP contribution in [0, 0.1) is 5.92 Å². The number of halogens is 1. The molecule has 0 bridgehead atoms. The number of piperidine rings is 1. The number of hydrogen-bond donors (Lipinski definition) is 0. The monoisotopic (exact) mass is 350 g/mol. The first-order valence-corrected chi connectivity index (χ1v) is 9.26. The third-order valence-electron chi connectivity index (χ3n) is 4.89. The van der Waals surface area contributed by atoms with Gasteiger partial charge >= 0.3 is 0 Å². The normalized spacial score (nSPS) is 15.4. The van der Waals surface area contributed by atoms with Crippen molar-refractivity contribution < 1.29 is 9.59 Å². The van der Waals surface area contributed by atoms with Gasteiger partial charge in [-0.25, -0.2) is 0 Å². The molecule has 24 heavy (non-hydrogen) atoms. The quantitative estimate of drug-likeness (QED) is 0.782. The van der Waals surface area contributed by atoms with Gasteiger partial charge in [0, 0.05) is 32.6 Å². The fourth-order valence-corrected chi connectivity index (χ4v) is 3.51. The van der Waals surface area contributed by atoms with Gasteiger partial charge in [-0.1, -0.05) is 23.7 Å². The Bertz CT molecular complexity index is 564. The third kappa shape index (κ3) is 4.73. The van der Waals surface area contributed by atoms with Gasteiger partial charge < -0.3 is 9.80 Å². The van der Waals surface area contributed by atoms with Crippen LogP contribution in [0.2, 0.25) is 5.02 Å². The molecule has 132 valence electrons. The van der Waals surface area contributed by atoms with Gasteiger partial charge in [0.15, 0.2) is 0 Å². The first-order chi connectivity index (χ1) is 11.6. The lowest BCUT2D eigenvalue weighted by Gasteiger charge is -2.32. The van der Waals surface area contributed by atoms with Crippen molar-refractivity contribution in [2.45, 2.75) is 39.5 Å². The molecule has 1 aromatic carbocycles. The summed E-state index contributed by atoms with van der Waals surface area (Å²) in [5.74, 6) is 0.785. The molecule has 0 aliphatic carbocycles. The molecule has 5 heteroatoms. The summed E-state index contributed by atoms with van der Waals surface area (Å²) < 4.78 is 0. The van der Waals surface area contributed by atoms with E-state index in [0.29, 0.717) is 22.9 Å². The molecule has 1 saturated heterocycles. The van der Waals surface area contributed by atoms with Crippen molar-refractivity contribution in [2.24, 2.45) is 5.92 Å². The minimum absolute atomic E-state index is 0.0123. The van der Waals surface area contributed by atoms with Gasteiger partial charge in [-0.3, -0.25) is 9.59 Å². The van der Waals surface area contributed by atoms with Gasteiger partial charge in [-0.15, -0.1) is 0 Å². The molecule has 1 heterocycles. The van der Waals surface area contributed by atoms with E-state index in [1.807, 2.05) is 35.8 Å². The molecule has 1 aromatic rings. The number of carbonyl (C=O) groups excluding carboxylic acids is 2. The predicted octanol–water partition coefficient (Wildman–Crippen LogP) is 3.84. The van der Waals surface area contributed by atoms with Gasteiger partial charge in [0.1, 0.15) is 0 Å². The lowest BCUT2D eigenvalue weighted by atomic mass is 9.91. The summed E-state index contributed by atoms with van der Waals surface area (Å²) in [6, 6.07) is 7.20. The Morgan fingerprint density at radius 2 is 1.79 bits per heavy atom. The predicted molar refractivity (Wildman–Crippen MR) is 97.2 cm³/mol. The zero-order valence-corrected chi connectivity index (χ0v) is 15.4. The van der Waals surface area contributed by atoms with Crippen LogP contribution in [0.3, 0.4) is 0 Å². The van der Waals surface area contributed by atoms with Crippen LogP contribution in [0.4, 0.5) is 0 Å². The van der Waals surface area contributed by atoms with E-state index in [0.717, 1.165) is 45.4 Å². The molecule has 2 amide bonds. The van der Waals surface area contributed by atoms with Crippen molar-refractivity contribution in [1.82, 2.24) is 9.80 Å². The van der Waals surface area contributed by atoms with Crippen LogP contribution >= 0.6 is 11.6 Å². The fraction of sp³-hybridized carbons (Fsp3) is 0.579. The van der Waals surface area contributed by atoms with Gasteiger partial charge in [0.25, 0.3) is 5.91 Å². The minimum atomic E-state index is 0.0123. The summed E-state index contributed by atoms with van der Waals surface area (Å²) in [7, 11) is 0. The van der Waals surface area contributed by atoms with Gasteiger partial charge in [-0.2, -0.15) is 0 Å². The van der Waals surface area contributed by atoms with Gasteiger partial charge in [0.2, 0.25) is 5.91 Å². The highest BCUT2D eigenvalue weighted by molar-refractivity contribution is 6.33. The highest BCUT2D eigenvalue weighted by atomic mass is 35.5. The lowest BCUT2D eigenvalue weighted by molar-refractivity contribution is -0.131. The number of nitrogens with zero attached hydrogens (tertiary/aromatic N) is 2. The number of hydrogen-bond acceptors (Lipinski definition) is 2. The molecule has 2 rings (SSSR count). The Morgan fingerprint density at radius 3 is 2.38 bits per heavy atom. The van der Waals surface area contributed by atoms with Crippen LogP contribution < -0.4 is 0 Å². The molecule has 1 fully saturated rings. The first-order valence-electron chi connectivity index (χ1n) is 8.88. The van der Waals surface area contributed by atoms with E-state index in [1.165, 1.54) is 0 Å². The molecule has 1 aliphatic heterocycles. The van der Waals surface area contributed by atoms with E-state index < -0.39 is 0 Å². The standard InChI is InChI=1S/C19H27ClN2O2/c1-3-21(4-2)18(23)10-9-15-11-13-22(14-12-15)19(24)16-7-5-6-8-17(16)20/h5-8,15H,3-4,9-14H2,1-2H3. The second-order valence-electron chi connectivity index (χ2n) is 6.32. The number of amides is 2. The smallest absolute Gasteiger partial charge is 0.255 e. The van der Waals surface area contributed by atoms with Crippen LogP contribution in [0.25, 0.3) is 0 Å². The molecular weight excluding hydrogens is 324 g/mol. The van der Waals surface area contributed by atoms with Crippen LogP contribution in [-0.4, -0.2) is 47.8 Å². The maximum absolute atomic E-state index is 12.5. The van der Waals surface area contributed by atoms with E-state index in [-0.39, 0.29) is 11.8 Å². The molecule has 4 nitrogen and oxygen atoms in total. The van der Waals surface area contributed by atoms with Crippen molar-refractivity contribution >= 4 is 23.4 Å². The van der Waals surface area contributed by atoms with Crippen LogP contribution in [0.15, 0.2) is 24.3 Å². The van der Waals surface area contributed by atoms with Crippen LogP contribution in [0.5, 0.6) is 0 Å². The molecule has 0 aromatic heterocycles. The maximum atomic E-state index is 12.5. The Kier molecular flexibility index (Phi) is 7.10. The second kappa shape index (κ2) is 9.07. The molecule has 0 spiro atoms. The van der Waals surface area contributed by atoms with Crippen molar-refractivity contribution in [3.8, 4) is 0 Å². The van der Waals surface area contributed by atoms with Gasteiger partial charge in [-0.05, 0) is 51.2 Å². The van der Waals surface area contributed by atoms with Crippen molar-refractivity contribution in [1.29, 1.82) is 0 Å². The first kappa shape index (κ1) is 18.8. The number of likely N-dealkylation sites (tertiary alicyclic amines) is 1. The SMILES string of the molecule is CCN(CC)C(=O)CCC1CCN(C(=O)c2ccccc2Cl)CC1. The Labute approximate surface area is 149 Å². The third-order valence-corrected chi connectivity index (χ3v) is 5.22. The Hall–Kier alpha value is -1.55.